The maximum absolute atomic E-state index is 11.8. The van der Waals surface area contributed by atoms with Crippen molar-refractivity contribution in [2.24, 2.45) is 0 Å². The summed E-state index contributed by atoms with van der Waals surface area (Å²) in [6, 6.07) is 18.0. The fraction of sp³-hybridized carbons (Fsp3) is 0.143. The number of carbonyl (C=O) groups is 1. The lowest BCUT2D eigenvalue weighted by Gasteiger charge is -2.02. The van der Waals surface area contributed by atoms with E-state index < -0.39 is 0 Å². The van der Waals surface area contributed by atoms with E-state index in [1.807, 2.05) is 60.3 Å². The minimum absolute atomic E-state index is 0.275. The quantitative estimate of drug-likeness (QED) is 0.506. The SMILES string of the molecule is Cc1ccc(COC(=O)/C=C/c2cnn(Cc3ccccc3)c2)cc1. The van der Waals surface area contributed by atoms with Gasteiger partial charge in [-0.15, -0.1) is 0 Å². The van der Waals surface area contributed by atoms with Gasteiger partial charge in [0, 0.05) is 17.8 Å². The van der Waals surface area contributed by atoms with E-state index in [1.54, 1.807) is 12.3 Å². The van der Waals surface area contributed by atoms with Crippen LogP contribution in [-0.4, -0.2) is 15.7 Å². The molecule has 0 aliphatic rings. The van der Waals surface area contributed by atoms with Crippen molar-refractivity contribution in [1.29, 1.82) is 0 Å². The molecule has 0 bridgehead atoms. The van der Waals surface area contributed by atoms with Crippen molar-refractivity contribution < 1.29 is 9.53 Å². The van der Waals surface area contributed by atoms with E-state index in [1.165, 1.54) is 17.2 Å². The van der Waals surface area contributed by atoms with Crippen molar-refractivity contribution in [3.63, 3.8) is 0 Å². The molecule has 4 nitrogen and oxygen atoms in total. The highest BCUT2D eigenvalue weighted by Crippen LogP contribution is 2.07. The molecule has 0 aliphatic carbocycles. The zero-order valence-corrected chi connectivity index (χ0v) is 14.1. The van der Waals surface area contributed by atoms with E-state index in [2.05, 4.69) is 17.2 Å². The predicted octanol–water partition coefficient (Wildman–Crippen LogP) is 4.00. The molecule has 0 amide bonds. The van der Waals surface area contributed by atoms with Crippen LogP contribution in [0.4, 0.5) is 0 Å². The number of carbonyl (C=O) groups excluding carboxylic acids is 1. The number of hydrogen-bond donors (Lipinski definition) is 0. The Kier molecular flexibility index (Phi) is 5.42. The Labute approximate surface area is 147 Å². The monoisotopic (exact) mass is 332 g/mol. The van der Waals surface area contributed by atoms with E-state index in [4.69, 9.17) is 4.74 Å². The van der Waals surface area contributed by atoms with Crippen LogP contribution in [0.5, 0.6) is 0 Å². The molecule has 0 fully saturated rings. The van der Waals surface area contributed by atoms with Gasteiger partial charge in [0.05, 0.1) is 12.7 Å². The molecule has 1 aromatic heterocycles. The fourth-order valence-electron chi connectivity index (χ4n) is 2.37. The van der Waals surface area contributed by atoms with Crippen LogP contribution in [-0.2, 0) is 22.7 Å². The average molecular weight is 332 g/mol. The third kappa shape index (κ3) is 5.18. The lowest BCUT2D eigenvalue weighted by atomic mass is 10.2. The lowest BCUT2D eigenvalue weighted by molar-refractivity contribution is -0.138. The van der Waals surface area contributed by atoms with E-state index in [-0.39, 0.29) is 12.6 Å². The fourth-order valence-corrected chi connectivity index (χ4v) is 2.37. The first kappa shape index (κ1) is 16.7. The van der Waals surface area contributed by atoms with Gasteiger partial charge < -0.3 is 4.74 Å². The minimum Gasteiger partial charge on any atom is -0.458 e. The van der Waals surface area contributed by atoms with Gasteiger partial charge in [0.15, 0.2) is 0 Å². The van der Waals surface area contributed by atoms with Crippen LogP contribution in [0.25, 0.3) is 6.08 Å². The molecule has 4 heteroatoms. The highest BCUT2D eigenvalue weighted by atomic mass is 16.5. The molecular weight excluding hydrogens is 312 g/mol. The number of aromatic nitrogens is 2. The van der Waals surface area contributed by atoms with E-state index in [9.17, 15) is 4.79 Å². The first-order valence-electron chi connectivity index (χ1n) is 8.16. The Morgan fingerprint density at radius 2 is 1.84 bits per heavy atom. The maximum atomic E-state index is 11.8. The Morgan fingerprint density at radius 1 is 1.08 bits per heavy atom. The topological polar surface area (TPSA) is 44.1 Å². The number of rotatable bonds is 6. The van der Waals surface area contributed by atoms with Gasteiger partial charge in [0.25, 0.3) is 0 Å². The van der Waals surface area contributed by atoms with Crippen LogP contribution < -0.4 is 0 Å². The molecule has 0 saturated heterocycles. The maximum Gasteiger partial charge on any atom is 0.331 e. The molecule has 25 heavy (non-hydrogen) atoms. The molecule has 0 N–H and O–H groups in total. The molecule has 3 rings (SSSR count). The van der Waals surface area contributed by atoms with Crippen molar-refractivity contribution in [3.8, 4) is 0 Å². The zero-order valence-electron chi connectivity index (χ0n) is 14.1. The largest absolute Gasteiger partial charge is 0.458 e. The molecule has 0 aliphatic heterocycles. The second-order valence-corrected chi connectivity index (χ2v) is 5.88. The Hall–Kier alpha value is -3.14. The highest BCUT2D eigenvalue weighted by molar-refractivity contribution is 5.86. The second kappa shape index (κ2) is 8.11. The van der Waals surface area contributed by atoms with Gasteiger partial charge >= 0.3 is 5.97 Å². The minimum atomic E-state index is -0.364. The summed E-state index contributed by atoms with van der Waals surface area (Å²) >= 11 is 0. The van der Waals surface area contributed by atoms with Gasteiger partial charge in [-0.3, -0.25) is 4.68 Å². The predicted molar refractivity (Wildman–Crippen MR) is 97.8 cm³/mol. The van der Waals surface area contributed by atoms with Crippen LogP contribution in [0.2, 0.25) is 0 Å². The summed E-state index contributed by atoms with van der Waals surface area (Å²) in [5.41, 5.74) is 4.20. The van der Waals surface area contributed by atoms with Crippen molar-refractivity contribution in [1.82, 2.24) is 9.78 Å². The Balaban J connectivity index is 1.51. The van der Waals surface area contributed by atoms with Crippen LogP contribution >= 0.6 is 0 Å². The van der Waals surface area contributed by atoms with Crippen molar-refractivity contribution in [2.45, 2.75) is 20.1 Å². The molecule has 2 aromatic carbocycles. The molecule has 126 valence electrons. The van der Waals surface area contributed by atoms with Gasteiger partial charge in [-0.1, -0.05) is 60.2 Å². The number of hydrogen-bond acceptors (Lipinski definition) is 3. The Bertz CT molecular complexity index is 849. The summed E-state index contributed by atoms with van der Waals surface area (Å²) in [5.74, 6) is -0.364. The number of ether oxygens (including phenoxy) is 1. The van der Waals surface area contributed by atoms with Crippen molar-refractivity contribution in [3.05, 3.63) is 95.3 Å². The average Bonchev–Trinajstić information content (AvgIpc) is 3.08. The van der Waals surface area contributed by atoms with Gasteiger partial charge in [-0.05, 0) is 24.1 Å². The standard InChI is InChI=1S/C21H20N2O2/c1-17-7-9-19(10-8-17)16-25-21(24)12-11-20-13-22-23(15-20)14-18-5-3-2-4-6-18/h2-13,15H,14,16H2,1H3/b12-11+. The molecule has 0 radical (unpaired) electrons. The van der Waals surface area contributed by atoms with E-state index >= 15 is 0 Å². The van der Waals surface area contributed by atoms with Crippen LogP contribution in [0, 0.1) is 6.92 Å². The van der Waals surface area contributed by atoms with Gasteiger partial charge in [0.1, 0.15) is 6.61 Å². The summed E-state index contributed by atoms with van der Waals surface area (Å²) in [4.78, 5) is 11.8. The number of aryl methyl sites for hydroxylation is 1. The highest BCUT2D eigenvalue weighted by Gasteiger charge is 2.01. The van der Waals surface area contributed by atoms with Gasteiger partial charge in [-0.2, -0.15) is 5.10 Å². The van der Waals surface area contributed by atoms with E-state index in [0.717, 1.165) is 11.1 Å². The third-order valence-electron chi connectivity index (χ3n) is 3.75. The molecular formula is C21H20N2O2. The van der Waals surface area contributed by atoms with E-state index in [0.29, 0.717) is 6.54 Å². The smallest absolute Gasteiger partial charge is 0.331 e. The summed E-state index contributed by atoms with van der Waals surface area (Å²) < 4.78 is 7.08. The van der Waals surface area contributed by atoms with Crippen molar-refractivity contribution in [2.75, 3.05) is 0 Å². The third-order valence-corrected chi connectivity index (χ3v) is 3.75. The molecule has 0 saturated carbocycles. The van der Waals surface area contributed by atoms with Crippen LogP contribution in [0.3, 0.4) is 0 Å². The molecule has 3 aromatic rings. The first-order valence-corrected chi connectivity index (χ1v) is 8.16. The number of esters is 1. The molecule has 0 atom stereocenters. The summed E-state index contributed by atoms with van der Waals surface area (Å²) in [6.45, 7) is 3.00. The molecule has 1 heterocycles. The Morgan fingerprint density at radius 3 is 2.60 bits per heavy atom. The van der Waals surface area contributed by atoms with Crippen LogP contribution in [0.1, 0.15) is 22.3 Å². The summed E-state index contributed by atoms with van der Waals surface area (Å²) in [5, 5.41) is 4.30. The summed E-state index contributed by atoms with van der Waals surface area (Å²) in [7, 11) is 0. The number of benzene rings is 2. The lowest BCUT2D eigenvalue weighted by Crippen LogP contribution is -2.00. The zero-order chi connectivity index (χ0) is 17.5. The van der Waals surface area contributed by atoms with Crippen molar-refractivity contribution >= 4 is 12.0 Å². The van der Waals surface area contributed by atoms with Gasteiger partial charge in [-0.25, -0.2) is 4.79 Å². The molecule has 0 spiro atoms. The van der Waals surface area contributed by atoms with Gasteiger partial charge in [0.2, 0.25) is 0 Å². The number of nitrogens with zero attached hydrogens (tertiary/aromatic N) is 2. The second-order valence-electron chi connectivity index (χ2n) is 5.88. The first-order chi connectivity index (χ1) is 12.2. The normalized spacial score (nSPS) is 10.9. The molecule has 0 unspecified atom stereocenters. The summed E-state index contributed by atoms with van der Waals surface area (Å²) in [6.07, 6.45) is 6.77. The van der Waals surface area contributed by atoms with Crippen LogP contribution in [0.15, 0.2) is 73.1 Å².